The fourth-order valence-corrected chi connectivity index (χ4v) is 3.46. The van der Waals surface area contributed by atoms with Gasteiger partial charge in [0, 0.05) is 10.6 Å². The van der Waals surface area contributed by atoms with Gasteiger partial charge in [0.2, 0.25) is 0 Å². The van der Waals surface area contributed by atoms with Crippen LogP contribution in [0, 0.1) is 0 Å². The van der Waals surface area contributed by atoms with E-state index in [-0.39, 0.29) is 4.75 Å². The number of rotatable bonds is 0. The van der Waals surface area contributed by atoms with Crippen molar-refractivity contribution in [1.82, 2.24) is 0 Å². The summed E-state index contributed by atoms with van der Waals surface area (Å²) in [5.74, 6) is 0. The molecule has 1 aromatic rings. The largest absolute Gasteiger partial charge is 0.357 e. The molecule has 0 aromatic heterocycles. The number of hydrogen-bond acceptors (Lipinski definition) is 2. The van der Waals surface area contributed by atoms with Crippen molar-refractivity contribution in [3.63, 3.8) is 0 Å². The molecule has 0 spiro atoms. The predicted octanol–water partition coefficient (Wildman–Crippen LogP) is 4.20. The Morgan fingerprint density at radius 1 is 1.31 bits per heavy atom. The van der Waals surface area contributed by atoms with Crippen molar-refractivity contribution in [1.29, 1.82) is 0 Å². The van der Waals surface area contributed by atoms with Gasteiger partial charge in [-0.2, -0.15) is 0 Å². The number of para-hydroxylation sites is 1. The highest BCUT2D eigenvalue weighted by molar-refractivity contribution is 8.01. The van der Waals surface area contributed by atoms with Crippen LogP contribution < -0.4 is 5.32 Å². The Morgan fingerprint density at radius 3 is 3.00 bits per heavy atom. The number of nitrogens with one attached hydrogen (secondary N) is 1. The summed E-state index contributed by atoms with van der Waals surface area (Å²) in [5.41, 5.74) is 3.95. The van der Waals surface area contributed by atoms with Gasteiger partial charge in [-0.3, -0.25) is 0 Å². The molecule has 0 amide bonds. The van der Waals surface area contributed by atoms with E-state index in [0.29, 0.717) is 0 Å². The molecule has 0 saturated carbocycles. The van der Waals surface area contributed by atoms with Gasteiger partial charge >= 0.3 is 0 Å². The molecule has 1 unspecified atom stereocenters. The maximum Gasteiger partial charge on any atom is 0.0612 e. The molecule has 0 saturated heterocycles. The minimum atomic E-state index is 0.188. The predicted molar refractivity (Wildman–Crippen MR) is 70.8 cm³/mol. The summed E-state index contributed by atoms with van der Waals surface area (Å²) in [7, 11) is 0. The lowest BCUT2D eigenvalue weighted by Crippen LogP contribution is -2.32. The summed E-state index contributed by atoms with van der Waals surface area (Å²) in [6.45, 7) is 4.48. The van der Waals surface area contributed by atoms with Crippen molar-refractivity contribution in [3.8, 4) is 0 Å². The first-order valence-corrected chi connectivity index (χ1v) is 6.43. The molecule has 2 heteroatoms. The maximum atomic E-state index is 3.57. The third-order valence-electron chi connectivity index (χ3n) is 3.25. The van der Waals surface area contributed by atoms with E-state index >= 15 is 0 Å². The second-order valence-electron chi connectivity index (χ2n) is 4.66. The maximum absolute atomic E-state index is 3.57. The van der Waals surface area contributed by atoms with E-state index in [1.54, 1.807) is 0 Å². The summed E-state index contributed by atoms with van der Waals surface area (Å²) >= 11 is 1.97. The van der Waals surface area contributed by atoms with Crippen LogP contribution in [0.25, 0.3) is 0 Å². The molecule has 16 heavy (non-hydrogen) atoms. The molecule has 2 aliphatic rings. The minimum absolute atomic E-state index is 0.188. The second-order valence-corrected chi connectivity index (χ2v) is 6.21. The number of benzene rings is 1. The summed E-state index contributed by atoms with van der Waals surface area (Å²) in [6, 6.07) is 8.53. The van der Waals surface area contributed by atoms with Gasteiger partial charge in [0.25, 0.3) is 0 Å². The van der Waals surface area contributed by atoms with Crippen LogP contribution >= 0.6 is 11.8 Å². The lowest BCUT2D eigenvalue weighted by atomic mass is 9.93. The Morgan fingerprint density at radius 2 is 2.12 bits per heavy atom. The van der Waals surface area contributed by atoms with Crippen molar-refractivity contribution >= 4 is 17.4 Å². The zero-order chi connectivity index (χ0) is 11.2. The zero-order valence-corrected chi connectivity index (χ0v) is 10.4. The minimum Gasteiger partial charge on any atom is -0.357 e. The van der Waals surface area contributed by atoms with Gasteiger partial charge in [0.1, 0.15) is 0 Å². The van der Waals surface area contributed by atoms with Gasteiger partial charge < -0.3 is 5.32 Å². The number of thioether (sulfide) groups is 1. The third-order valence-corrected chi connectivity index (χ3v) is 4.66. The van der Waals surface area contributed by atoms with Crippen molar-refractivity contribution < 1.29 is 0 Å². The second kappa shape index (κ2) is 3.42. The molecular formula is C14H15NS. The smallest absolute Gasteiger partial charge is 0.0612 e. The quantitative estimate of drug-likeness (QED) is 0.715. The third kappa shape index (κ3) is 1.49. The molecule has 1 heterocycles. The average molecular weight is 229 g/mol. The SMILES string of the molecule is CC1=CCC2(C)Sc3ccccc3NC2=C1. The van der Waals surface area contributed by atoms with Crippen LogP contribution in [-0.2, 0) is 0 Å². The first-order chi connectivity index (χ1) is 7.67. The fraction of sp³-hybridized carbons (Fsp3) is 0.286. The Balaban J connectivity index is 2.08. The van der Waals surface area contributed by atoms with Crippen LogP contribution in [-0.4, -0.2) is 4.75 Å². The van der Waals surface area contributed by atoms with Crippen molar-refractivity contribution in [2.24, 2.45) is 0 Å². The Hall–Kier alpha value is -1.15. The lowest BCUT2D eigenvalue weighted by Gasteiger charge is -2.39. The molecule has 0 radical (unpaired) electrons. The molecule has 82 valence electrons. The Labute approximate surface area is 101 Å². The Bertz CT molecular complexity index is 501. The van der Waals surface area contributed by atoms with E-state index in [0.717, 1.165) is 6.42 Å². The summed E-state index contributed by atoms with van der Waals surface area (Å²) in [4.78, 5) is 1.36. The van der Waals surface area contributed by atoms with E-state index in [1.165, 1.54) is 21.9 Å². The van der Waals surface area contributed by atoms with Gasteiger partial charge in [0.15, 0.2) is 0 Å². The highest BCUT2D eigenvalue weighted by atomic mass is 32.2. The molecule has 1 atom stereocenters. The van der Waals surface area contributed by atoms with E-state index in [2.05, 4.69) is 55.6 Å². The molecule has 0 bridgehead atoms. The molecule has 3 rings (SSSR count). The highest BCUT2D eigenvalue weighted by Gasteiger charge is 2.35. The fourth-order valence-electron chi connectivity index (χ4n) is 2.22. The van der Waals surface area contributed by atoms with E-state index < -0.39 is 0 Å². The van der Waals surface area contributed by atoms with Crippen molar-refractivity contribution in [3.05, 3.63) is 47.7 Å². The lowest BCUT2D eigenvalue weighted by molar-refractivity contribution is 0.736. The van der Waals surface area contributed by atoms with Gasteiger partial charge in [-0.1, -0.05) is 23.8 Å². The van der Waals surface area contributed by atoms with Crippen molar-refractivity contribution in [2.45, 2.75) is 29.9 Å². The molecule has 1 aliphatic heterocycles. The van der Waals surface area contributed by atoms with Crippen LogP contribution in [0.5, 0.6) is 0 Å². The van der Waals surface area contributed by atoms with E-state index in [1.807, 2.05) is 11.8 Å². The van der Waals surface area contributed by atoms with Crippen LogP contribution in [0.15, 0.2) is 52.6 Å². The summed E-state index contributed by atoms with van der Waals surface area (Å²) in [6.07, 6.45) is 5.70. The first-order valence-electron chi connectivity index (χ1n) is 5.61. The summed E-state index contributed by atoms with van der Waals surface area (Å²) < 4.78 is 0.188. The average Bonchev–Trinajstić information content (AvgIpc) is 2.27. The Kier molecular flexibility index (Phi) is 2.15. The molecule has 1 N–H and O–H groups in total. The van der Waals surface area contributed by atoms with E-state index in [4.69, 9.17) is 0 Å². The number of anilines is 1. The molecule has 1 aromatic carbocycles. The molecule has 1 aliphatic carbocycles. The van der Waals surface area contributed by atoms with Crippen LogP contribution in [0.3, 0.4) is 0 Å². The molecule has 0 fully saturated rings. The number of allylic oxidation sites excluding steroid dienone is 3. The van der Waals surface area contributed by atoms with Gasteiger partial charge in [-0.15, -0.1) is 11.8 Å². The topological polar surface area (TPSA) is 12.0 Å². The van der Waals surface area contributed by atoms with Gasteiger partial charge in [-0.05, 0) is 38.5 Å². The normalized spacial score (nSPS) is 27.1. The zero-order valence-electron chi connectivity index (χ0n) is 9.58. The number of hydrogen-bond donors (Lipinski definition) is 1. The number of fused-ring (bicyclic) bond motifs is 2. The monoisotopic (exact) mass is 229 g/mol. The summed E-state index contributed by atoms with van der Waals surface area (Å²) in [5, 5.41) is 3.57. The van der Waals surface area contributed by atoms with Crippen molar-refractivity contribution in [2.75, 3.05) is 5.32 Å². The molecule has 1 nitrogen and oxygen atoms in total. The first kappa shape index (κ1) is 10.0. The highest BCUT2D eigenvalue weighted by Crippen LogP contribution is 2.50. The van der Waals surface area contributed by atoms with Crippen LogP contribution in [0.2, 0.25) is 0 Å². The molecular weight excluding hydrogens is 214 g/mol. The van der Waals surface area contributed by atoms with Gasteiger partial charge in [-0.25, -0.2) is 0 Å². The van der Waals surface area contributed by atoms with Crippen LogP contribution in [0.4, 0.5) is 5.69 Å². The van der Waals surface area contributed by atoms with Gasteiger partial charge in [0.05, 0.1) is 10.4 Å². The van der Waals surface area contributed by atoms with Crippen LogP contribution in [0.1, 0.15) is 20.3 Å². The standard InChI is InChI=1S/C14H15NS/c1-10-7-8-14(2)13(9-10)15-11-5-3-4-6-12(11)16-14/h3-7,9,15H,8H2,1-2H3. The van der Waals surface area contributed by atoms with E-state index in [9.17, 15) is 0 Å².